The van der Waals surface area contributed by atoms with E-state index in [0.29, 0.717) is 11.6 Å². The van der Waals surface area contributed by atoms with Gasteiger partial charge in [-0.2, -0.15) is 0 Å². The van der Waals surface area contributed by atoms with E-state index in [0.717, 1.165) is 25.2 Å². The molecular weight excluding hydrogens is 226 g/mol. The quantitative estimate of drug-likeness (QED) is 0.757. The van der Waals surface area contributed by atoms with E-state index < -0.39 is 0 Å². The van der Waals surface area contributed by atoms with Gasteiger partial charge in [0, 0.05) is 29.9 Å². The molecule has 0 radical (unpaired) electrons. The number of amides is 1. The summed E-state index contributed by atoms with van der Waals surface area (Å²) in [6.07, 6.45) is 1.13. The van der Waals surface area contributed by atoms with Crippen molar-refractivity contribution in [2.24, 2.45) is 0 Å². The van der Waals surface area contributed by atoms with Gasteiger partial charge in [0.2, 0.25) is 0 Å². The summed E-state index contributed by atoms with van der Waals surface area (Å²) in [6.45, 7) is 5.97. The van der Waals surface area contributed by atoms with Crippen molar-refractivity contribution in [2.75, 3.05) is 18.4 Å². The fourth-order valence-electron chi connectivity index (χ4n) is 2.11. The number of rotatable bonds is 4. The Hall–Kier alpha value is -1.55. The minimum atomic E-state index is -0.0156. The predicted octanol–water partition coefficient (Wildman–Crippen LogP) is 1.60. The van der Waals surface area contributed by atoms with Gasteiger partial charge in [-0.3, -0.25) is 4.79 Å². The van der Waals surface area contributed by atoms with Crippen molar-refractivity contribution in [3.63, 3.8) is 0 Å². The molecule has 1 fully saturated rings. The zero-order valence-electron chi connectivity index (χ0n) is 11.0. The maximum Gasteiger partial charge on any atom is 0.251 e. The van der Waals surface area contributed by atoms with Gasteiger partial charge in [0.05, 0.1) is 0 Å². The van der Waals surface area contributed by atoms with E-state index in [4.69, 9.17) is 0 Å². The Labute approximate surface area is 108 Å². The lowest BCUT2D eigenvalue weighted by molar-refractivity contribution is 0.0943. The molecule has 0 aliphatic carbocycles. The first-order valence-electron chi connectivity index (χ1n) is 6.53. The molecule has 1 heterocycles. The Kier molecular flexibility index (Phi) is 4.20. The molecule has 98 valence electrons. The number of carbonyl (C=O) groups excluding carboxylic acids is 1. The maximum atomic E-state index is 11.9. The lowest BCUT2D eigenvalue weighted by Crippen LogP contribution is -2.30. The van der Waals surface area contributed by atoms with Crippen molar-refractivity contribution in [2.45, 2.75) is 32.4 Å². The zero-order valence-corrected chi connectivity index (χ0v) is 11.0. The molecule has 0 aromatic heterocycles. The van der Waals surface area contributed by atoms with E-state index >= 15 is 0 Å². The molecule has 1 unspecified atom stereocenters. The molecule has 1 aliphatic heterocycles. The number of hydrogen-bond acceptors (Lipinski definition) is 3. The Balaban J connectivity index is 2.02. The smallest absolute Gasteiger partial charge is 0.251 e. The molecule has 1 aromatic rings. The lowest BCUT2D eigenvalue weighted by Gasteiger charge is -2.14. The van der Waals surface area contributed by atoms with Gasteiger partial charge in [-0.1, -0.05) is 6.07 Å². The predicted molar refractivity (Wildman–Crippen MR) is 73.9 cm³/mol. The van der Waals surface area contributed by atoms with Crippen LogP contribution in [0.4, 0.5) is 5.69 Å². The molecule has 1 aliphatic rings. The normalized spacial score (nSPS) is 18.9. The second-order valence-electron chi connectivity index (χ2n) is 5.04. The molecule has 0 saturated carbocycles. The van der Waals surface area contributed by atoms with Crippen LogP contribution >= 0.6 is 0 Å². The van der Waals surface area contributed by atoms with Crippen LogP contribution in [0.5, 0.6) is 0 Å². The van der Waals surface area contributed by atoms with E-state index in [2.05, 4.69) is 16.0 Å². The molecule has 1 atom stereocenters. The summed E-state index contributed by atoms with van der Waals surface area (Å²) in [6, 6.07) is 8.30. The summed E-state index contributed by atoms with van der Waals surface area (Å²) in [4.78, 5) is 11.9. The SMILES string of the molecule is CC(C)NC(=O)c1cccc(NC2CCNC2)c1. The third-order valence-electron chi connectivity index (χ3n) is 2.98. The van der Waals surface area contributed by atoms with Crippen LogP contribution in [0.2, 0.25) is 0 Å². The van der Waals surface area contributed by atoms with Gasteiger partial charge in [0.15, 0.2) is 0 Å². The number of nitrogens with one attached hydrogen (secondary N) is 3. The fourth-order valence-corrected chi connectivity index (χ4v) is 2.11. The van der Waals surface area contributed by atoms with E-state index in [-0.39, 0.29) is 11.9 Å². The minimum Gasteiger partial charge on any atom is -0.381 e. The molecule has 3 N–H and O–H groups in total. The highest BCUT2D eigenvalue weighted by Crippen LogP contribution is 2.14. The van der Waals surface area contributed by atoms with E-state index in [1.54, 1.807) is 0 Å². The highest BCUT2D eigenvalue weighted by atomic mass is 16.1. The lowest BCUT2D eigenvalue weighted by atomic mass is 10.1. The summed E-state index contributed by atoms with van der Waals surface area (Å²) in [5.74, 6) is -0.0156. The van der Waals surface area contributed by atoms with Crippen molar-refractivity contribution in [1.82, 2.24) is 10.6 Å². The fraction of sp³-hybridized carbons (Fsp3) is 0.500. The number of anilines is 1. The van der Waals surface area contributed by atoms with Crippen LogP contribution in [0.3, 0.4) is 0 Å². The van der Waals surface area contributed by atoms with Crippen LogP contribution in [0.1, 0.15) is 30.6 Å². The Morgan fingerprint density at radius 3 is 2.94 bits per heavy atom. The standard InChI is InChI=1S/C14H21N3O/c1-10(2)16-14(18)11-4-3-5-12(8-11)17-13-6-7-15-9-13/h3-5,8,10,13,15,17H,6-7,9H2,1-2H3,(H,16,18). The van der Waals surface area contributed by atoms with Crippen LogP contribution < -0.4 is 16.0 Å². The summed E-state index contributed by atoms with van der Waals surface area (Å²) in [7, 11) is 0. The number of carbonyl (C=O) groups is 1. The minimum absolute atomic E-state index is 0.0156. The van der Waals surface area contributed by atoms with Gasteiger partial charge in [0.25, 0.3) is 5.91 Å². The molecule has 4 heteroatoms. The second-order valence-corrected chi connectivity index (χ2v) is 5.04. The molecule has 0 bridgehead atoms. The molecular formula is C14H21N3O. The third kappa shape index (κ3) is 3.47. The molecule has 1 amide bonds. The van der Waals surface area contributed by atoms with E-state index in [9.17, 15) is 4.79 Å². The van der Waals surface area contributed by atoms with Gasteiger partial charge in [-0.15, -0.1) is 0 Å². The van der Waals surface area contributed by atoms with Crippen LogP contribution in [0.15, 0.2) is 24.3 Å². The topological polar surface area (TPSA) is 53.2 Å². The molecule has 2 rings (SSSR count). The Morgan fingerprint density at radius 1 is 1.44 bits per heavy atom. The van der Waals surface area contributed by atoms with E-state index in [1.165, 1.54) is 0 Å². The highest BCUT2D eigenvalue weighted by molar-refractivity contribution is 5.95. The van der Waals surface area contributed by atoms with Crippen LogP contribution in [-0.4, -0.2) is 31.1 Å². The first-order valence-corrected chi connectivity index (χ1v) is 6.53. The van der Waals surface area contributed by atoms with Crippen LogP contribution in [0.25, 0.3) is 0 Å². The average molecular weight is 247 g/mol. The van der Waals surface area contributed by atoms with Crippen molar-refractivity contribution in [1.29, 1.82) is 0 Å². The molecule has 0 spiro atoms. The van der Waals surface area contributed by atoms with Crippen molar-refractivity contribution >= 4 is 11.6 Å². The summed E-state index contributed by atoms with van der Waals surface area (Å²) >= 11 is 0. The van der Waals surface area contributed by atoms with Gasteiger partial charge < -0.3 is 16.0 Å². The van der Waals surface area contributed by atoms with Crippen LogP contribution in [0, 0.1) is 0 Å². The van der Waals surface area contributed by atoms with E-state index in [1.807, 2.05) is 38.1 Å². The summed E-state index contributed by atoms with van der Waals surface area (Å²) in [5, 5.41) is 9.66. The summed E-state index contributed by atoms with van der Waals surface area (Å²) in [5.41, 5.74) is 1.72. The van der Waals surface area contributed by atoms with Crippen molar-refractivity contribution in [3.8, 4) is 0 Å². The first kappa shape index (κ1) is 12.9. The molecule has 1 saturated heterocycles. The van der Waals surface area contributed by atoms with Gasteiger partial charge in [-0.05, 0) is 45.0 Å². The van der Waals surface area contributed by atoms with Crippen molar-refractivity contribution in [3.05, 3.63) is 29.8 Å². The van der Waals surface area contributed by atoms with Crippen molar-refractivity contribution < 1.29 is 4.79 Å². The number of benzene rings is 1. The van der Waals surface area contributed by atoms with Gasteiger partial charge in [0.1, 0.15) is 0 Å². The highest BCUT2D eigenvalue weighted by Gasteiger charge is 2.14. The maximum absolute atomic E-state index is 11.9. The van der Waals surface area contributed by atoms with Gasteiger partial charge in [-0.25, -0.2) is 0 Å². The largest absolute Gasteiger partial charge is 0.381 e. The Morgan fingerprint density at radius 2 is 2.28 bits per heavy atom. The van der Waals surface area contributed by atoms with Gasteiger partial charge >= 0.3 is 0 Å². The monoisotopic (exact) mass is 247 g/mol. The molecule has 18 heavy (non-hydrogen) atoms. The molecule has 1 aromatic carbocycles. The first-order chi connectivity index (χ1) is 8.65. The zero-order chi connectivity index (χ0) is 13.0. The molecule has 4 nitrogen and oxygen atoms in total. The summed E-state index contributed by atoms with van der Waals surface area (Å²) < 4.78 is 0. The second kappa shape index (κ2) is 5.87. The third-order valence-corrected chi connectivity index (χ3v) is 2.98. The number of hydrogen-bond donors (Lipinski definition) is 3. The van der Waals surface area contributed by atoms with Crippen LogP contribution in [-0.2, 0) is 0 Å². The average Bonchev–Trinajstić information content (AvgIpc) is 2.81. The Bertz CT molecular complexity index is 411.